The maximum atomic E-state index is 13.8. The van der Waals surface area contributed by atoms with Crippen LogP contribution in [0.2, 0.25) is 0 Å². The number of hydrogen-bond acceptors (Lipinski definition) is 5. The maximum Gasteiger partial charge on any atom is 0.230 e. The molecule has 3 heterocycles. The van der Waals surface area contributed by atoms with Gasteiger partial charge in [0.25, 0.3) is 0 Å². The summed E-state index contributed by atoms with van der Waals surface area (Å²) < 4.78 is 5.52. The van der Waals surface area contributed by atoms with Gasteiger partial charge in [-0.1, -0.05) is 12.1 Å². The second-order valence-electron chi connectivity index (χ2n) is 8.71. The topological polar surface area (TPSA) is 57.7 Å². The number of nitrogens with zero attached hydrogens (tertiary/aromatic N) is 3. The maximum absolute atomic E-state index is 13.8. The minimum Gasteiger partial charge on any atom is -0.378 e. The largest absolute Gasteiger partial charge is 0.378 e. The Bertz CT molecular complexity index is 962. The van der Waals surface area contributed by atoms with Crippen molar-refractivity contribution < 1.29 is 9.53 Å². The summed E-state index contributed by atoms with van der Waals surface area (Å²) in [7, 11) is 0. The molecule has 1 aliphatic carbocycles. The second-order valence-corrected chi connectivity index (χ2v) is 8.71. The normalized spacial score (nSPS) is 23.2. The Morgan fingerprint density at radius 2 is 1.97 bits per heavy atom. The van der Waals surface area contributed by atoms with Gasteiger partial charge in [-0.25, -0.2) is 4.98 Å². The van der Waals surface area contributed by atoms with Gasteiger partial charge < -0.3 is 19.9 Å². The predicted octanol–water partition coefficient (Wildman–Crippen LogP) is 4.50. The molecule has 2 aliphatic heterocycles. The van der Waals surface area contributed by atoms with Crippen LogP contribution >= 0.6 is 0 Å². The monoisotopic (exact) mass is 418 g/mol. The standard InChI is InChI=1S/C25H30N4O2/c1-2-18-5-7-19(8-6-18)25(30)29-17-20-4-3-11-26-24(20)27-22-10-9-21(16-23(22)29)28-12-14-31-15-13-28/h2-4,9-11,16,18-19H,1,5-8,12-15,17H2,(H,26,27). The first kappa shape index (κ1) is 20.1. The molecule has 1 aromatic heterocycles. The fourth-order valence-electron chi connectivity index (χ4n) is 4.95. The van der Waals surface area contributed by atoms with Crippen molar-refractivity contribution in [2.45, 2.75) is 32.2 Å². The van der Waals surface area contributed by atoms with Crippen LogP contribution in [0.25, 0.3) is 0 Å². The first-order valence-electron chi connectivity index (χ1n) is 11.3. The Morgan fingerprint density at radius 3 is 2.74 bits per heavy atom. The number of nitrogens with one attached hydrogen (secondary N) is 1. The number of benzene rings is 1. The smallest absolute Gasteiger partial charge is 0.230 e. The van der Waals surface area contributed by atoms with E-state index in [1.807, 2.05) is 17.0 Å². The van der Waals surface area contributed by atoms with Crippen LogP contribution in [-0.4, -0.2) is 37.2 Å². The van der Waals surface area contributed by atoms with Crippen molar-refractivity contribution in [2.75, 3.05) is 41.4 Å². The molecule has 0 bridgehead atoms. The lowest BCUT2D eigenvalue weighted by Gasteiger charge is -2.33. The Kier molecular flexibility index (Phi) is 5.64. The van der Waals surface area contributed by atoms with Crippen molar-refractivity contribution in [1.29, 1.82) is 0 Å². The van der Waals surface area contributed by atoms with Gasteiger partial charge in [-0.05, 0) is 55.9 Å². The van der Waals surface area contributed by atoms with Crippen molar-refractivity contribution in [2.24, 2.45) is 11.8 Å². The lowest BCUT2D eigenvalue weighted by molar-refractivity contribution is -0.123. The molecule has 5 rings (SSSR count). The molecule has 31 heavy (non-hydrogen) atoms. The van der Waals surface area contributed by atoms with Gasteiger partial charge in [-0.15, -0.1) is 6.58 Å². The highest BCUT2D eigenvalue weighted by molar-refractivity contribution is 6.00. The molecule has 1 saturated carbocycles. The fraction of sp³-hybridized carbons (Fsp3) is 0.440. The van der Waals surface area contributed by atoms with Gasteiger partial charge in [0.15, 0.2) is 0 Å². The van der Waals surface area contributed by atoms with Crippen LogP contribution < -0.4 is 15.1 Å². The summed E-state index contributed by atoms with van der Waals surface area (Å²) in [5, 5.41) is 3.48. The minimum atomic E-state index is 0.0642. The average Bonchev–Trinajstić information content (AvgIpc) is 3.00. The molecule has 0 atom stereocenters. The Labute approximate surface area is 183 Å². The highest BCUT2D eigenvalue weighted by atomic mass is 16.5. The third-order valence-corrected chi connectivity index (χ3v) is 6.84. The van der Waals surface area contributed by atoms with Crippen LogP contribution in [0, 0.1) is 11.8 Å². The zero-order valence-electron chi connectivity index (χ0n) is 17.9. The number of ether oxygens (including phenoxy) is 1. The highest BCUT2D eigenvalue weighted by Crippen LogP contribution is 2.40. The lowest BCUT2D eigenvalue weighted by atomic mass is 9.81. The van der Waals surface area contributed by atoms with Crippen molar-refractivity contribution in [1.82, 2.24) is 4.98 Å². The molecule has 6 nitrogen and oxygen atoms in total. The molecule has 1 amide bonds. The molecule has 0 unspecified atom stereocenters. The van der Waals surface area contributed by atoms with E-state index in [2.05, 4.69) is 46.0 Å². The summed E-state index contributed by atoms with van der Waals surface area (Å²) in [6.45, 7) is 7.69. The number of aromatic nitrogens is 1. The minimum absolute atomic E-state index is 0.0642. The zero-order chi connectivity index (χ0) is 21.2. The van der Waals surface area contributed by atoms with Crippen LogP contribution in [0.1, 0.15) is 31.2 Å². The van der Waals surface area contributed by atoms with E-state index >= 15 is 0 Å². The van der Waals surface area contributed by atoms with Crippen LogP contribution in [0.15, 0.2) is 49.2 Å². The van der Waals surface area contributed by atoms with Gasteiger partial charge in [0, 0.05) is 36.5 Å². The summed E-state index contributed by atoms with van der Waals surface area (Å²) in [6.07, 6.45) is 7.79. The number of allylic oxidation sites excluding steroid dienone is 1. The van der Waals surface area contributed by atoms with Gasteiger partial charge >= 0.3 is 0 Å². The van der Waals surface area contributed by atoms with E-state index in [4.69, 9.17) is 4.74 Å². The van der Waals surface area contributed by atoms with E-state index < -0.39 is 0 Å². The number of hydrogen-bond donors (Lipinski definition) is 1. The number of rotatable bonds is 3. The van der Waals surface area contributed by atoms with Crippen molar-refractivity contribution in [3.05, 3.63) is 54.7 Å². The van der Waals surface area contributed by atoms with Gasteiger partial charge in [-0.3, -0.25) is 4.79 Å². The summed E-state index contributed by atoms with van der Waals surface area (Å²) in [5.41, 5.74) is 4.05. The quantitative estimate of drug-likeness (QED) is 0.744. The molecule has 0 radical (unpaired) electrons. The molecule has 2 fully saturated rings. The van der Waals surface area contributed by atoms with Gasteiger partial charge in [0.05, 0.1) is 31.1 Å². The molecule has 1 saturated heterocycles. The lowest BCUT2D eigenvalue weighted by Crippen LogP contribution is -2.38. The molecule has 0 spiro atoms. The molecule has 3 aliphatic rings. The number of morpholine rings is 1. The summed E-state index contributed by atoms with van der Waals surface area (Å²) in [6, 6.07) is 10.4. The SMILES string of the molecule is C=CC1CCC(C(=O)N2Cc3cccnc3Nc3ccc(N4CCOCC4)cc32)CC1. The van der Waals surface area contributed by atoms with E-state index in [0.717, 1.165) is 80.4 Å². The second kappa shape index (κ2) is 8.71. The first-order valence-corrected chi connectivity index (χ1v) is 11.3. The van der Waals surface area contributed by atoms with Gasteiger partial charge in [0.2, 0.25) is 5.91 Å². The third-order valence-electron chi connectivity index (χ3n) is 6.84. The third kappa shape index (κ3) is 4.04. The number of anilines is 4. The predicted molar refractivity (Wildman–Crippen MR) is 124 cm³/mol. The molecule has 2 aromatic rings. The number of amides is 1. The van der Waals surface area contributed by atoms with Gasteiger partial charge in [-0.2, -0.15) is 0 Å². The number of carbonyl (C=O) groups excluding carboxylic acids is 1. The van der Waals surface area contributed by atoms with Crippen LogP contribution in [0.5, 0.6) is 0 Å². The summed E-state index contributed by atoms with van der Waals surface area (Å²) >= 11 is 0. The Hall–Kier alpha value is -2.86. The van der Waals surface area contributed by atoms with Crippen molar-refractivity contribution >= 4 is 28.8 Å². The van der Waals surface area contributed by atoms with E-state index in [9.17, 15) is 4.79 Å². The number of pyridine rings is 1. The number of carbonyl (C=O) groups is 1. The first-order chi connectivity index (χ1) is 15.2. The molecule has 1 N–H and O–H groups in total. The summed E-state index contributed by atoms with van der Waals surface area (Å²) in [5.74, 6) is 1.66. The highest BCUT2D eigenvalue weighted by Gasteiger charge is 2.32. The molecule has 162 valence electrons. The average molecular weight is 419 g/mol. The van der Waals surface area contributed by atoms with Crippen LogP contribution in [-0.2, 0) is 16.1 Å². The van der Waals surface area contributed by atoms with E-state index in [-0.39, 0.29) is 11.8 Å². The zero-order valence-corrected chi connectivity index (χ0v) is 17.9. The van der Waals surface area contributed by atoms with Crippen molar-refractivity contribution in [3.8, 4) is 0 Å². The Balaban J connectivity index is 1.50. The van der Waals surface area contributed by atoms with E-state index in [1.165, 1.54) is 0 Å². The van der Waals surface area contributed by atoms with Crippen LogP contribution in [0.3, 0.4) is 0 Å². The Morgan fingerprint density at radius 1 is 1.16 bits per heavy atom. The molecule has 6 heteroatoms. The van der Waals surface area contributed by atoms with Crippen LogP contribution in [0.4, 0.5) is 22.9 Å². The molecular formula is C25H30N4O2. The number of fused-ring (bicyclic) bond motifs is 2. The molecule has 1 aromatic carbocycles. The van der Waals surface area contributed by atoms with Gasteiger partial charge in [0.1, 0.15) is 5.82 Å². The summed E-state index contributed by atoms with van der Waals surface area (Å²) in [4.78, 5) is 22.6. The van der Waals surface area contributed by atoms with Crippen molar-refractivity contribution in [3.63, 3.8) is 0 Å². The molecular weight excluding hydrogens is 388 g/mol. The van der Waals surface area contributed by atoms with E-state index in [1.54, 1.807) is 6.20 Å². The fourth-order valence-corrected chi connectivity index (χ4v) is 4.95. The van der Waals surface area contributed by atoms with E-state index in [0.29, 0.717) is 12.5 Å².